The van der Waals surface area contributed by atoms with Crippen molar-refractivity contribution >= 4 is 0 Å². The predicted octanol–water partition coefficient (Wildman–Crippen LogP) is 3.46. The molecule has 3 rings (SSSR count). The molecule has 0 amide bonds. The van der Waals surface area contributed by atoms with Crippen LogP contribution in [0.5, 0.6) is 0 Å². The van der Waals surface area contributed by atoms with E-state index in [0.717, 1.165) is 23.3 Å². The van der Waals surface area contributed by atoms with Gasteiger partial charge in [0.05, 0.1) is 11.6 Å². The van der Waals surface area contributed by atoms with Gasteiger partial charge in [0, 0.05) is 0 Å². The summed E-state index contributed by atoms with van der Waals surface area (Å²) in [5, 5.41) is 8.75. The molecule has 0 aliphatic heterocycles. The van der Waals surface area contributed by atoms with E-state index in [1.165, 1.54) is 31.2 Å². The molecule has 2 bridgehead atoms. The normalized spacial score (nSPS) is 32.9. The number of fused-ring (bicyclic) bond motifs is 2. The molecule has 1 heteroatoms. The SMILES string of the molecule is N#Cc1ccc([C@H]2C[C@H]3CC[C@@H]2C3)cc1. The molecule has 1 aromatic rings. The summed E-state index contributed by atoms with van der Waals surface area (Å²) in [4.78, 5) is 0. The van der Waals surface area contributed by atoms with E-state index in [1.807, 2.05) is 12.1 Å². The van der Waals surface area contributed by atoms with Crippen molar-refractivity contribution in [1.29, 1.82) is 5.26 Å². The Hall–Kier alpha value is -1.29. The maximum absolute atomic E-state index is 8.75. The summed E-state index contributed by atoms with van der Waals surface area (Å²) in [6.45, 7) is 0. The summed E-state index contributed by atoms with van der Waals surface area (Å²) >= 11 is 0. The van der Waals surface area contributed by atoms with Crippen molar-refractivity contribution in [2.75, 3.05) is 0 Å². The molecule has 1 aromatic carbocycles. The topological polar surface area (TPSA) is 23.8 Å². The van der Waals surface area contributed by atoms with E-state index in [4.69, 9.17) is 5.26 Å². The lowest BCUT2D eigenvalue weighted by Crippen LogP contribution is -2.08. The number of hydrogen-bond acceptors (Lipinski definition) is 1. The van der Waals surface area contributed by atoms with Crippen LogP contribution < -0.4 is 0 Å². The molecule has 1 nitrogen and oxygen atoms in total. The highest BCUT2D eigenvalue weighted by molar-refractivity contribution is 5.34. The summed E-state index contributed by atoms with van der Waals surface area (Å²) in [5.74, 6) is 2.72. The third-order valence-electron chi connectivity index (χ3n) is 4.21. The maximum atomic E-state index is 8.75. The van der Waals surface area contributed by atoms with E-state index < -0.39 is 0 Å². The molecule has 2 fully saturated rings. The molecule has 2 aliphatic carbocycles. The molecule has 0 spiro atoms. The van der Waals surface area contributed by atoms with Crippen molar-refractivity contribution in [3.05, 3.63) is 35.4 Å². The second-order valence-corrected chi connectivity index (χ2v) is 5.02. The van der Waals surface area contributed by atoms with E-state index in [1.54, 1.807) is 0 Å². The minimum absolute atomic E-state index is 0.780. The van der Waals surface area contributed by atoms with Crippen molar-refractivity contribution < 1.29 is 0 Å². The van der Waals surface area contributed by atoms with Crippen LogP contribution in [0, 0.1) is 23.2 Å². The van der Waals surface area contributed by atoms with E-state index in [2.05, 4.69) is 18.2 Å². The zero-order chi connectivity index (χ0) is 10.3. The van der Waals surface area contributed by atoms with Gasteiger partial charge >= 0.3 is 0 Å². The second kappa shape index (κ2) is 3.38. The highest BCUT2D eigenvalue weighted by Gasteiger charge is 2.39. The van der Waals surface area contributed by atoms with Crippen LogP contribution >= 0.6 is 0 Å². The molecular weight excluding hydrogens is 182 g/mol. The number of hydrogen-bond donors (Lipinski definition) is 0. The van der Waals surface area contributed by atoms with Crippen LogP contribution in [0.1, 0.15) is 42.7 Å². The lowest BCUT2D eigenvalue weighted by atomic mass is 9.83. The Morgan fingerprint density at radius 1 is 1.07 bits per heavy atom. The van der Waals surface area contributed by atoms with Crippen molar-refractivity contribution in [3.8, 4) is 6.07 Å². The van der Waals surface area contributed by atoms with Gasteiger partial charge in [-0.05, 0) is 54.7 Å². The molecule has 0 heterocycles. The van der Waals surface area contributed by atoms with Crippen LogP contribution in [0.2, 0.25) is 0 Å². The molecule has 76 valence electrons. The summed E-state index contributed by atoms with van der Waals surface area (Å²) in [6.07, 6.45) is 5.72. The first kappa shape index (κ1) is 8.97. The fraction of sp³-hybridized carbons (Fsp3) is 0.500. The molecule has 0 aromatic heterocycles. The summed E-state index contributed by atoms with van der Waals surface area (Å²) in [5.41, 5.74) is 2.24. The Kier molecular flexibility index (Phi) is 2.02. The Balaban J connectivity index is 1.85. The minimum Gasteiger partial charge on any atom is -0.192 e. The van der Waals surface area contributed by atoms with Crippen LogP contribution in [0.4, 0.5) is 0 Å². The molecule has 0 saturated heterocycles. The molecule has 0 unspecified atom stereocenters. The fourth-order valence-corrected chi connectivity index (χ4v) is 3.46. The van der Waals surface area contributed by atoms with Gasteiger partial charge in [0.25, 0.3) is 0 Å². The van der Waals surface area contributed by atoms with Crippen LogP contribution in [0.3, 0.4) is 0 Å². The molecule has 0 radical (unpaired) electrons. The first-order valence-electron chi connectivity index (χ1n) is 5.87. The van der Waals surface area contributed by atoms with Crippen LogP contribution in [0.25, 0.3) is 0 Å². The summed E-state index contributed by atoms with van der Waals surface area (Å²) in [7, 11) is 0. The van der Waals surface area contributed by atoms with Gasteiger partial charge in [0.15, 0.2) is 0 Å². The van der Waals surface area contributed by atoms with Crippen LogP contribution in [0.15, 0.2) is 24.3 Å². The van der Waals surface area contributed by atoms with Gasteiger partial charge in [-0.25, -0.2) is 0 Å². The van der Waals surface area contributed by atoms with Gasteiger partial charge in [-0.15, -0.1) is 0 Å². The fourth-order valence-electron chi connectivity index (χ4n) is 3.46. The van der Waals surface area contributed by atoms with Crippen LogP contribution in [-0.2, 0) is 0 Å². The standard InChI is InChI=1S/C14H15N/c15-9-10-1-4-12(5-2-10)14-8-11-3-6-13(14)7-11/h1-2,4-5,11,13-14H,3,6-8H2/t11-,13+,14+/m0/s1. The van der Waals surface area contributed by atoms with Gasteiger partial charge < -0.3 is 0 Å². The van der Waals surface area contributed by atoms with Crippen molar-refractivity contribution in [1.82, 2.24) is 0 Å². The monoisotopic (exact) mass is 197 g/mol. The molecular formula is C14H15N. The lowest BCUT2D eigenvalue weighted by Gasteiger charge is -2.21. The summed E-state index contributed by atoms with van der Waals surface area (Å²) < 4.78 is 0. The minimum atomic E-state index is 0.780. The highest BCUT2D eigenvalue weighted by atomic mass is 14.4. The Bertz CT molecular complexity index is 398. The number of nitrogens with zero attached hydrogens (tertiary/aromatic N) is 1. The average Bonchev–Trinajstić information content (AvgIpc) is 2.91. The van der Waals surface area contributed by atoms with Gasteiger partial charge in [0.1, 0.15) is 0 Å². The van der Waals surface area contributed by atoms with Gasteiger partial charge in [0.2, 0.25) is 0 Å². The number of rotatable bonds is 1. The Morgan fingerprint density at radius 3 is 2.40 bits per heavy atom. The first-order chi connectivity index (χ1) is 7.36. The molecule has 2 saturated carbocycles. The Morgan fingerprint density at radius 2 is 1.87 bits per heavy atom. The van der Waals surface area contributed by atoms with E-state index in [9.17, 15) is 0 Å². The zero-order valence-corrected chi connectivity index (χ0v) is 8.82. The van der Waals surface area contributed by atoms with Gasteiger partial charge in [-0.1, -0.05) is 18.6 Å². The molecule has 2 aliphatic rings. The Labute approximate surface area is 90.7 Å². The van der Waals surface area contributed by atoms with E-state index in [0.29, 0.717) is 0 Å². The van der Waals surface area contributed by atoms with E-state index >= 15 is 0 Å². The van der Waals surface area contributed by atoms with Crippen molar-refractivity contribution in [2.45, 2.75) is 31.6 Å². The molecule has 0 N–H and O–H groups in total. The van der Waals surface area contributed by atoms with Crippen molar-refractivity contribution in [3.63, 3.8) is 0 Å². The van der Waals surface area contributed by atoms with Gasteiger partial charge in [-0.3, -0.25) is 0 Å². The third kappa shape index (κ3) is 1.45. The predicted molar refractivity (Wildman–Crippen MR) is 59.3 cm³/mol. The van der Waals surface area contributed by atoms with Crippen LogP contribution in [-0.4, -0.2) is 0 Å². The smallest absolute Gasteiger partial charge is 0.0991 e. The van der Waals surface area contributed by atoms with Crippen molar-refractivity contribution in [2.24, 2.45) is 11.8 Å². The average molecular weight is 197 g/mol. The zero-order valence-electron chi connectivity index (χ0n) is 8.82. The lowest BCUT2D eigenvalue weighted by molar-refractivity contribution is 0.420. The maximum Gasteiger partial charge on any atom is 0.0991 e. The quantitative estimate of drug-likeness (QED) is 0.676. The molecule has 15 heavy (non-hydrogen) atoms. The second-order valence-electron chi connectivity index (χ2n) is 5.02. The van der Waals surface area contributed by atoms with E-state index in [-0.39, 0.29) is 0 Å². The summed E-state index contributed by atoms with van der Waals surface area (Å²) in [6, 6.07) is 10.4. The third-order valence-corrected chi connectivity index (χ3v) is 4.21. The highest BCUT2D eigenvalue weighted by Crippen LogP contribution is 2.52. The largest absolute Gasteiger partial charge is 0.192 e. The number of nitriles is 1. The first-order valence-corrected chi connectivity index (χ1v) is 5.87. The molecule has 3 atom stereocenters. The number of benzene rings is 1. The van der Waals surface area contributed by atoms with Gasteiger partial charge in [-0.2, -0.15) is 5.26 Å².